The number of ether oxygens (including phenoxy) is 1. The van der Waals surface area contributed by atoms with Gasteiger partial charge in [-0.15, -0.1) is 0 Å². The van der Waals surface area contributed by atoms with Crippen molar-refractivity contribution in [3.8, 4) is 28.3 Å². The molecule has 5 heteroatoms. The minimum atomic E-state index is -0.437. The second kappa shape index (κ2) is 10.5. The van der Waals surface area contributed by atoms with E-state index in [1.165, 1.54) is 6.42 Å². The second-order valence-electron chi connectivity index (χ2n) is 6.50. The summed E-state index contributed by atoms with van der Waals surface area (Å²) >= 11 is 5.94. The quantitative estimate of drug-likeness (QED) is 0.464. The van der Waals surface area contributed by atoms with Crippen LogP contribution < -0.4 is 0 Å². The highest BCUT2D eigenvalue weighted by atomic mass is 35.5. The van der Waals surface area contributed by atoms with Gasteiger partial charge in [0, 0.05) is 23.8 Å². The molecule has 1 aromatic heterocycles. The lowest BCUT2D eigenvalue weighted by Gasteiger charge is -2.09. The minimum Gasteiger partial charge on any atom is -0.461 e. The monoisotopic (exact) mass is 408 g/mol. The summed E-state index contributed by atoms with van der Waals surface area (Å²) in [7, 11) is 1.73. The van der Waals surface area contributed by atoms with E-state index in [1.807, 2.05) is 48.5 Å². The highest BCUT2D eigenvalue weighted by Crippen LogP contribution is 2.31. The first-order valence-electron chi connectivity index (χ1n) is 9.59. The fraction of sp³-hybridized carbons (Fsp3) is 0.250. The van der Waals surface area contributed by atoms with Crippen LogP contribution in [0.2, 0.25) is 5.02 Å². The van der Waals surface area contributed by atoms with Gasteiger partial charge in [0.15, 0.2) is 0 Å². The van der Waals surface area contributed by atoms with Gasteiger partial charge in [-0.25, -0.2) is 4.79 Å². The number of hydrogen-bond acceptors (Lipinski definition) is 3. The lowest BCUT2D eigenvalue weighted by Crippen LogP contribution is -2.10. The smallest absolute Gasteiger partial charge is 0.355 e. The van der Waals surface area contributed by atoms with Crippen molar-refractivity contribution < 1.29 is 9.53 Å². The molecule has 2 aromatic carbocycles. The molecule has 0 aliphatic carbocycles. The lowest BCUT2D eigenvalue weighted by atomic mass is 9.98. The van der Waals surface area contributed by atoms with Gasteiger partial charge in [0.05, 0.1) is 12.2 Å². The second-order valence-corrected chi connectivity index (χ2v) is 6.94. The van der Waals surface area contributed by atoms with E-state index < -0.39 is 5.97 Å². The van der Waals surface area contributed by atoms with Crippen molar-refractivity contribution in [1.82, 2.24) is 4.57 Å². The van der Waals surface area contributed by atoms with Crippen molar-refractivity contribution in [3.05, 3.63) is 71.0 Å². The number of benzene rings is 2. The summed E-state index contributed by atoms with van der Waals surface area (Å²) in [6.45, 7) is 6.29. The summed E-state index contributed by atoms with van der Waals surface area (Å²) in [5.74, 6) is -0.437. The van der Waals surface area contributed by atoms with Crippen LogP contribution >= 0.6 is 11.6 Å². The molecule has 0 saturated carbocycles. The summed E-state index contributed by atoms with van der Waals surface area (Å²) in [6.07, 6.45) is 2.90. The van der Waals surface area contributed by atoms with Gasteiger partial charge in [0.2, 0.25) is 0 Å². The molecule has 3 aromatic rings. The number of esters is 1. The maximum absolute atomic E-state index is 12.3. The Bertz CT molecular complexity index is 997. The molecule has 0 N–H and O–H groups in total. The Morgan fingerprint density at radius 3 is 1.97 bits per heavy atom. The number of aryl methyl sites for hydroxylation is 1. The maximum atomic E-state index is 12.3. The fourth-order valence-corrected chi connectivity index (χ4v) is 3.05. The van der Waals surface area contributed by atoms with Crippen LogP contribution in [0.5, 0.6) is 0 Å². The highest BCUT2D eigenvalue weighted by molar-refractivity contribution is 6.30. The largest absolute Gasteiger partial charge is 0.461 e. The molecule has 3 rings (SSSR count). The molecule has 0 bridgehead atoms. The molecular weight excluding hydrogens is 384 g/mol. The number of nitriles is 1. The van der Waals surface area contributed by atoms with Crippen LogP contribution in [0.1, 0.15) is 43.2 Å². The molecule has 0 radical (unpaired) electrons. The third-order valence-electron chi connectivity index (χ3n) is 4.12. The van der Waals surface area contributed by atoms with Crippen LogP contribution in [-0.4, -0.2) is 17.1 Å². The Morgan fingerprint density at radius 2 is 1.48 bits per heavy atom. The molecule has 4 nitrogen and oxygen atoms in total. The van der Waals surface area contributed by atoms with E-state index in [2.05, 4.69) is 19.9 Å². The van der Waals surface area contributed by atoms with Gasteiger partial charge in [-0.1, -0.05) is 68.3 Å². The fourth-order valence-electron chi connectivity index (χ4n) is 2.92. The molecule has 0 aliphatic rings. The van der Waals surface area contributed by atoms with E-state index in [1.54, 1.807) is 24.7 Å². The lowest BCUT2D eigenvalue weighted by molar-refractivity contribution is 0.0516. The van der Waals surface area contributed by atoms with Crippen molar-refractivity contribution in [1.29, 1.82) is 5.26 Å². The Kier molecular flexibility index (Phi) is 8.06. The van der Waals surface area contributed by atoms with Gasteiger partial charge >= 0.3 is 5.97 Å². The van der Waals surface area contributed by atoms with E-state index in [0.717, 1.165) is 16.7 Å². The molecule has 0 atom stereocenters. The molecule has 0 aliphatic heterocycles. The predicted molar refractivity (Wildman–Crippen MR) is 118 cm³/mol. The summed E-state index contributed by atoms with van der Waals surface area (Å²) in [5, 5.41) is 10.1. The Morgan fingerprint density at radius 1 is 1.00 bits per heavy atom. The normalized spacial score (nSPS) is 9.93. The summed E-state index contributed by atoms with van der Waals surface area (Å²) < 4.78 is 6.79. The van der Waals surface area contributed by atoms with Crippen LogP contribution in [0.3, 0.4) is 0 Å². The zero-order chi connectivity index (χ0) is 21.4. The van der Waals surface area contributed by atoms with Crippen LogP contribution in [0.25, 0.3) is 22.3 Å². The number of rotatable bonds is 4. The number of carbonyl (C=O) groups excluding carboxylic acids is 1. The molecular formula is C24H25ClN2O2. The van der Waals surface area contributed by atoms with Crippen molar-refractivity contribution in [2.24, 2.45) is 7.05 Å². The Labute approximate surface area is 177 Å². The average Bonchev–Trinajstić information content (AvgIpc) is 3.06. The van der Waals surface area contributed by atoms with Gasteiger partial charge in [-0.3, -0.25) is 0 Å². The SMILES string of the molecule is CCC.CCOC(=O)c1c(-c2ccc(-c3ccc(Cl)cc3)cc2)c(C#N)cn1C. The number of nitrogens with zero attached hydrogens (tertiary/aromatic N) is 2. The number of halogens is 1. The summed E-state index contributed by atoms with van der Waals surface area (Å²) in [5.41, 5.74) is 4.27. The average molecular weight is 409 g/mol. The molecule has 29 heavy (non-hydrogen) atoms. The molecule has 150 valence electrons. The molecule has 0 spiro atoms. The Balaban J connectivity index is 0.000000941. The third-order valence-corrected chi connectivity index (χ3v) is 4.37. The van der Waals surface area contributed by atoms with Crippen LogP contribution in [0, 0.1) is 11.3 Å². The maximum Gasteiger partial charge on any atom is 0.355 e. The van der Waals surface area contributed by atoms with Crippen LogP contribution in [0.4, 0.5) is 0 Å². The number of aromatic nitrogens is 1. The summed E-state index contributed by atoms with van der Waals surface area (Å²) in [4.78, 5) is 12.3. The molecule has 0 fully saturated rings. The van der Waals surface area contributed by atoms with Crippen molar-refractivity contribution in [2.75, 3.05) is 6.61 Å². The van der Waals surface area contributed by atoms with Gasteiger partial charge in [-0.2, -0.15) is 5.26 Å². The van der Waals surface area contributed by atoms with Crippen LogP contribution in [0.15, 0.2) is 54.7 Å². The first-order chi connectivity index (χ1) is 14.0. The minimum absolute atomic E-state index is 0.279. The molecule has 0 saturated heterocycles. The topological polar surface area (TPSA) is 55.0 Å². The van der Waals surface area contributed by atoms with Gasteiger partial charge in [0.25, 0.3) is 0 Å². The van der Waals surface area contributed by atoms with Gasteiger partial charge in [0.1, 0.15) is 11.8 Å². The first-order valence-corrected chi connectivity index (χ1v) is 9.97. The van der Waals surface area contributed by atoms with Gasteiger partial charge < -0.3 is 9.30 Å². The molecule has 0 amide bonds. The van der Waals surface area contributed by atoms with Crippen molar-refractivity contribution >= 4 is 17.6 Å². The van der Waals surface area contributed by atoms with E-state index in [4.69, 9.17) is 16.3 Å². The van der Waals surface area contributed by atoms with Crippen molar-refractivity contribution in [2.45, 2.75) is 27.2 Å². The van der Waals surface area contributed by atoms with E-state index in [-0.39, 0.29) is 6.61 Å². The highest BCUT2D eigenvalue weighted by Gasteiger charge is 2.22. The first kappa shape index (κ1) is 22.3. The number of carbonyl (C=O) groups is 1. The predicted octanol–water partition coefficient (Wildman–Crippen LogP) is 6.48. The third kappa shape index (κ3) is 5.28. The zero-order valence-corrected chi connectivity index (χ0v) is 18.0. The Hall–Kier alpha value is -3.03. The standard InChI is InChI=1S/C21H17ClN2O2.C3H8/c1-3-26-21(25)20-19(17(12-23)13-24(20)2)16-6-4-14(5-7-16)15-8-10-18(22)11-9-15;1-3-2/h4-11,13H,3H2,1-2H3;3H2,1-2H3. The molecule has 0 unspecified atom stereocenters. The zero-order valence-electron chi connectivity index (χ0n) is 17.2. The van der Waals surface area contributed by atoms with Crippen LogP contribution in [-0.2, 0) is 11.8 Å². The van der Waals surface area contributed by atoms with E-state index in [9.17, 15) is 10.1 Å². The number of hydrogen-bond donors (Lipinski definition) is 0. The van der Waals surface area contributed by atoms with Crippen molar-refractivity contribution in [3.63, 3.8) is 0 Å². The molecule has 1 heterocycles. The van der Waals surface area contributed by atoms with Gasteiger partial charge in [-0.05, 0) is 35.7 Å². The summed E-state index contributed by atoms with van der Waals surface area (Å²) in [6, 6.07) is 17.5. The van der Waals surface area contributed by atoms with E-state index >= 15 is 0 Å². The van der Waals surface area contributed by atoms with E-state index in [0.29, 0.717) is 21.8 Å².